The first-order valence-electron chi connectivity index (χ1n) is 6.49. The number of halogens is 1. The van der Waals surface area contributed by atoms with Crippen molar-refractivity contribution < 1.29 is 5.11 Å². The van der Waals surface area contributed by atoms with Gasteiger partial charge in [-0.2, -0.15) is 0 Å². The van der Waals surface area contributed by atoms with Gasteiger partial charge in [0.1, 0.15) is 16.8 Å². The minimum absolute atomic E-state index is 0.0984. The molecule has 1 heterocycles. The van der Waals surface area contributed by atoms with Gasteiger partial charge in [-0.25, -0.2) is 9.97 Å². The second-order valence-electron chi connectivity index (χ2n) is 5.09. The first-order valence-corrected chi connectivity index (χ1v) is 6.86. The molecule has 4 nitrogen and oxygen atoms in total. The number of nitrogens with one attached hydrogen (secondary N) is 1. The van der Waals surface area contributed by atoms with Gasteiger partial charge in [-0.05, 0) is 45.4 Å². The molecule has 2 rings (SSSR count). The SMILES string of the molecule is Cc1nc(Cl)c(C)c(NCC2CCC(O)CC2)n1. The molecule has 0 atom stereocenters. The van der Waals surface area contributed by atoms with Gasteiger partial charge in [-0.3, -0.25) is 0 Å². The summed E-state index contributed by atoms with van der Waals surface area (Å²) in [5, 5.41) is 13.4. The summed E-state index contributed by atoms with van der Waals surface area (Å²) in [5.74, 6) is 2.13. The highest BCUT2D eigenvalue weighted by molar-refractivity contribution is 6.30. The average Bonchev–Trinajstić information content (AvgIpc) is 2.34. The molecule has 0 spiro atoms. The number of aliphatic hydroxyl groups is 1. The third-order valence-corrected chi connectivity index (χ3v) is 3.94. The van der Waals surface area contributed by atoms with Crippen LogP contribution in [0.1, 0.15) is 37.1 Å². The molecule has 0 saturated heterocycles. The first kappa shape index (κ1) is 13.6. The Morgan fingerprint density at radius 2 is 1.89 bits per heavy atom. The molecule has 1 fully saturated rings. The van der Waals surface area contributed by atoms with E-state index >= 15 is 0 Å². The Morgan fingerprint density at radius 3 is 2.56 bits per heavy atom. The van der Waals surface area contributed by atoms with Crippen molar-refractivity contribution >= 4 is 17.4 Å². The molecule has 100 valence electrons. The minimum atomic E-state index is -0.0984. The normalized spacial score (nSPS) is 24.0. The fourth-order valence-electron chi connectivity index (χ4n) is 2.36. The topological polar surface area (TPSA) is 58.0 Å². The molecule has 0 aromatic carbocycles. The van der Waals surface area contributed by atoms with E-state index in [1.807, 2.05) is 13.8 Å². The van der Waals surface area contributed by atoms with E-state index in [9.17, 15) is 5.11 Å². The van der Waals surface area contributed by atoms with Crippen LogP contribution in [-0.2, 0) is 0 Å². The zero-order chi connectivity index (χ0) is 13.1. The standard InChI is InChI=1S/C13H20ClN3O/c1-8-12(14)16-9(2)17-13(8)15-7-10-3-5-11(18)6-4-10/h10-11,18H,3-7H2,1-2H3,(H,15,16,17). The van der Waals surface area contributed by atoms with Gasteiger partial charge < -0.3 is 10.4 Å². The van der Waals surface area contributed by atoms with E-state index in [1.54, 1.807) is 0 Å². The van der Waals surface area contributed by atoms with Crippen molar-refractivity contribution in [3.63, 3.8) is 0 Å². The Kier molecular flexibility index (Phi) is 4.40. The van der Waals surface area contributed by atoms with E-state index in [4.69, 9.17) is 11.6 Å². The summed E-state index contributed by atoms with van der Waals surface area (Å²) in [6.07, 6.45) is 3.87. The lowest BCUT2D eigenvalue weighted by Crippen LogP contribution is -2.24. The van der Waals surface area contributed by atoms with Crippen LogP contribution in [0.2, 0.25) is 5.15 Å². The lowest BCUT2D eigenvalue weighted by molar-refractivity contribution is 0.111. The molecule has 0 radical (unpaired) electrons. The molecule has 0 unspecified atom stereocenters. The highest BCUT2D eigenvalue weighted by atomic mass is 35.5. The van der Waals surface area contributed by atoms with E-state index in [-0.39, 0.29) is 6.10 Å². The van der Waals surface area contributed by atoms with E-state index in [1.165, 1.54) is 0 Å². The Bertz CT molecular complexity index is 417. The lowest BCUT2D eigenvalue weighted by Gasteiger charge is -2.25. The number of hydrogen-bond donors (Lipinski definition) is 2. The summed E-state index contributed by atoms with van der Waals surface area (Å²) in [7, 11) is 0. The Morgan fingerprint density at radius 1 is 1.22 bits per heavy atom. The molecule has 0 bridgehead atoms. The van der Waals surface area contributed by atoms with Crippen LogP contribution in [0.3, 0.4) is 0 Å². The number of rotatable bonds is 3. The average molecular weight is 270 g/mol. The van der Waals surface area contributed by atoms with Crippen molar-refractivity contribution in [2.75, 3.05) is 11.9 Å². The molecule has 2 N–H and O–H groups in total. The first-order chi connectivity index (χ1) is 8.56. The van der Waals surface area contributed by atoms with Gasteiger partial charge in [0, 0.05) is 12.1 Å². The van der Waals surface area contributed by atoms with Crippen LogP contribution < -0.4 is 5.32 Å². The maximum atomic E-state index is 9.47. The molecule has 1 saturated carbocycles. The fraction of sp³-hybridized carbons (Fsp3) is 0.692. The zero-order valence-electron chi connectivity index (χ0n) is 10.9. The predicted octanol–water partition coefficient (Wildman–Crippen LogP) is 2.71. The quantitative estimate of drug-likeness (QED) is 0.829. The second-order valence-corrected chi connectivity index (χ2v) is 5.45. The molecule has 1 aromatic rings. The maximum absolute atomic E-state index is 9.47. The van der Waals surface area contributed by atoms with Gasteiger partial charge >= 0.3 is 0 Å². The van der Waals surface area contributed by atoms with E-state index < -0.39 is 0 Å². The molecule has 1 aliphatic rings. The molecule has 18 heavy (non-hydrogen) atoms. The van der Waals surface area contributed by atoms with Crippen LogP contribution in [0.15, 0.2) is 0 Å². The maximum Gasteiger partial charge on any atom is 0.137 e. The van der Waals surface area contributed by atoms with Gasteiger partial charge in [0.05, 0.1) is 6.10 Å². The minimum Gasteiger partial charge on any atom is -0.393 e. The number of aromatic nitrogens is 2. The van der Waals surface area contributed by atoms with Gasteiger partial charge in [0.25, 0.3) is 0 Å². The van der Waals surface area contributed by atoms with Gasteiger partial charge in [-0.15, -0.1) is 0 Å². The monoisotopic (exact) mass is 269 g/mol. The number of anilines is 1. The second kappa shape index (κ2) is 5.85. The third kappa shape index (κ3) is 3.33. The van der Waals surface area contributed by atoms with E-state index in [0.29, 0.717) is 16.9 Å². The Labute approximate surface area is 113 Å². The summed E-state index contributed by atoms with van der Waals surface area (Å²) in [6, 6.07) is 0. The van der Waals surface area contributed by atoms with Crippen molar-refractivity contribution in [3.05, 3.63) is 16.5 Å². The van der Waals surface area contributed by atoms with Crippen LogP contribution >= 0.6 is 11.6 Å². The summed E-state index contributed by atoms with van der Waals surface area (Å²) in [4.78, 5) is 8.50. The molecule has 1 aliphatic carbocycles. The van der Waals surface area contributed by atoms with Gasteiger partial charge in [0.15, 0.2) is 0 Å². The Balaban J connectivity index is 1.94. The highest BCUT2D eigenvalue weighted by Crippen LogP contribution is 2.25. The molecule has 1 aromatic heterocycles. The van der Waals surface area contributed by atoms with Crippen LogP contribution in [0, 0.1) is 19.8 Å². The molecular formula is C13H20ClN3O. The van der Waals surface area contributed by atoms with Crippen molar-refractivity contribution in [1.29, 1.82) is 0 Å². The summed E-state index contributed by atoms with van der Waals surface area (Å²) in [6.45, 7) is 4.66. The molecule has 5 heteroatoms. The van der Waals surface area contributed by atoms with Crippen molar-refractivity contribution in [3.8, 4) is 0 Å². The number of aliphatic hydroxyl groups excluding tert-OH is 1. The lowest BCUT2D eigenvalue weighted by atomic mass is 9.87. The predicted molar refractivity (Wildman–Crippen MR) is 73.0 cm³/mol. The van der Waals surface area contributed by atoms with Gasteiger partial charge in [-0.1, -0.05) is 11.6 Å². The fourth-order valence-corrected chi connectivity index (χ4v) is 2.57. The van der Waals surface area contributed by atoms with Crippen molar-refractivity contribution in [1.82, 2.24) is 9.97 Å². The smallest absolute Gasteiger partial charge is 0.137 e. The van der Waals surface area contributed by atoms with Crippen LogP contribution in [0.25, 0.3) is 0 Å². The van der Waals surface area contributed by atoms with Gasteiger partial charge in [0.2, 0.25) is 0 Å². The van der Waals surface area contributed by atoms with Crippen LogP contribution in [-0.4, -0.2) is 27.7 Å². The molecule has 0 amide bonds. The summed E-state index contributed by atoms with van der Waals surface area (Å²) in [5.41, 5.74) is 0.901. The zero-order valence-corrected chi connectivity index (χ0v) is 11.7. The van der Waals surface area contributed by atoms with Crippen molar-refractivity contribution in [2.24, 2.45) is 5.92 Å². The summed E-state index contributed by atoms with van der Waals surface area (Å²) < 4.78 is 0. The van der Waals surface area contributed by atoms with Crippen molar-refractivity contribution in [2.45, 2.75) is 45.6 Å². The largest absolute Gasteiger partial charge is 0.393 e. The van der Waals surface area contributed by atoms with Crippen LogP contribution in [0.4, 0.5) is 5.82 Å². The van der Waals surface area contributed by atoms with E-state index in [0.717, 1.165) is 43.6 Å². The molecular weight excluding hydrogens is 250 g/mol. The van der Waals surface area contributed by atoms with E-state index in [2.05, 4.69) is 15.3 Å². The summed E-state index contributed by atoms with van der Waals surface area (Å²) >= 11 is 6.04. The third-order valence-electron chi connectivity index (χ3n) is 3.57. The number of nitrogens with zero attached hydrogens (tertiary/aromatic N) is 2. The number of aryl methyl sites for hydroxylation is 1. The molecule has 0 aliphatic heterocycles. The highest BCUT2D eigenvalue weighted by Gasteiger charge is 2.19. The van der Waals surface area contributed by atoms with Crippen LogP contribution in [0.5, 0.6) is 0 Å². The Hall–Kier alpha value is -0.870. The number of hydrogen-bond acceptors (Lipinski definition) is 4.